The summed E-state index contributed by atoms with van der Waals surface area (Å²) in [6, 6.07) is 11.0. The van der Waals surface area contributed by atoms with Crippen molar-refractivity contribution in [2.24, 2.45) is 7.05 Å². The number of anilines is 2. The zero-order valence-electron chi connectivity index (χ0n) is 22.2. The fourth-order valence-corrected chi connectivity index (χ4v) is 4.98. The van der Waals surface area contributed by atoms with Crippen molar-refractivity contribution in [1.29, 1.82) is 0 Å². The van der Waals surface area contributed by atoms with Gasteiger partial charge in [-0.25, -0.2) is 18.9 Å². The number of aromatic nitrogens is 6. The molecule has 39 heavy (non-hydrogen) atoms. The number of imidazole rings is 1. The second kappa shape index (κ2) is 10.3. The summed E-state index contributed by atoms with van der Waals surface area (Å²) in [5.74, 6) is 1.92. The van der Waals surface area contributed by atoms with Gasteiger partial charge in [0, 0.05) is 69.7 Å². The van der Waals surface area contributed by atoms with E-state index in [2.05, 4.69) is 9.97 Å². The number of fused-ring (bicyclic) bond motifs is 1. The summed E-state index contributed by atoms with van der Waals surface area (Å²) < 4.78 is 41.1. The van der Waals surface area contributed by atoms with Gasteiger partial charge in [0.05, 0.1) is 38.3 Å². The van der Waals surface area contributed by atoms with E-state index in [0.29, 0.717) is 39.9 Å². The van der Waals surface area contributed by atoms with E-state index in [1.54, 1.807) is 32.5 Å². The molecule has 0 aliphatic rings. The van der Waals surface area contributed by atoms with E-state index < -0.39 is 10.2 Å². The molecule has 0 saturated carbocycles. The Morgan fingerprint density at radius 2 is 1.69 bits per heavy atom. The molecule has 0 amide bonds. The minimum absolute atomic E-state index is 0.0701. The average molecular weight is 549 g/mol. The van der Waals surface area contributed by atoms with E-state index >= 15 is 0 Å². The highest BCUT2D eigenvalue weighted by Gasteiger charge is 2.24. The van der Waals surface area contributed by atoms with Crippen LogP contribution in [-0.4, -0.2) is 69.5 Å². The molecule has 0 aliphatic heterocycles. The quantitative estimate of drug-likeness (QED) is 0.273. The minimum atomic E-state index is -3.80. The molecule has 0 spiro atoms. The molecule has 0 unspecified atom stereocenters. The van der Waals surface area contributed by atoms with Gasteiger partial charge in [-0.2, -0.15) is 12.7 Å². The summed E-state index contributed by atoms with van der Waals surface area (Å²) in [5, 5.41) is 0. The van der Waals surface area contributed by atoms with Gasteiger partial charge in [-0.05, 0) is 18.2 Å². The Kier molecular flexibility index (Phi) is 6.93. The number of nitrogens with zero attached hydrogens (tertiary/aromatic N) is 8. The Balaban J connectivity index is 1.65. The lowest BCUT2D eigenvalue weighted by molar-refractivity contribution is 0.394. The number of ether oxygens (including phenoxy) is 2. The molecule has 5 rings (SSSR count). The molecular weight excluding hydrogens is 520 g/mol. The van der Waals surface area contributed by atoms with Crippen LogP contribution in [0.15, 0.2) is 67.4 Å². The molecule has 12 nitrogen and oxygen atoms in total. The van der Waals surface area contributed by atoms with Crippen LogP contribution in [0.2, 0.25) is 0 Å². The summed E-state index contributed by atoms with van der Waals surface area (Å²) in [6.07, 6.45) is 8.48. The minimum Gasteiger partial charge on any atom is -0.497 e. The van der Waals surface area contributed by atoms with Crippen LogP contribution in [0.1, 0.15) is 5.82 Å². The smallest absolute Gasteiger partial charge is 0.308 e. The number of rotatable bonds is 9. The van der Waals surface area contributed by atoms with Crippen molar-refractivity contribution in [3.63, 3.8) is 0 Å². The molecule has 4 heterocycles. The lowest BCUT2D eigenvalue weighted by atomic mass is 10.2. The lowest BCUT2D eigenvalue weighted by Crippen LogP contribution is -2.31. The maximum Gasteiger partial charge on any atom is 0.308 e. The second-order valence-electron chi connectivity index (χ2n) is 8.92. The van der Waals surface area contributed by atoms with E-state index in [1.807, 2.05) is 53.2 Å². The normalized spacial score (nSPS) is 11.7. The Hall–Kier alpha value is -4.49. The Bertz CT molecular complexity index is 1720. The topological polar surface area (TPSA) is 120 Å². The first-order valence-electron chi connectivity index (χ1n) is 11.9. The third kappa shape index (κ3) is 5.13. The predicted molar refractivity (Wildman–Crippen MR) is 147 cm³/mol. The highest BCUT2D eigenvalue weighted by molar-refractivity contribution is 7.87. The number of hydrogen-bond acceptors (Lipinski definition) is 9. The van der Waals surface area contributed by atoms with E-state index in [1.165, 1.54) is 26.5 Å². The first-order chi connectivity index (χ1) is 18.7. The van der Waals surface area contributed by atoms with E-state index in [0.717, 1.165) is 13.8 Å². The summed E-state index contributed by atoms with van der Waals surface area (Å²) in [6.45, 7) is 0.0701. The van der Waals surface area contributed by atoms with Crippen LogP contribution >= 0.6 is 0 Å². The van der Waals surface area contributed by atoms with Gasteiger partial charge in [0.25, 0.3) is 0 Å². The van der Waals surface area contributed by atoms with Crippen molar-refractivity contribution in [2.75, 3.05) is 33.2 Å². The SMILES string of the molecule is COc1cc(OC)cc(N(Cc2nccn2S(=O)(=O)N(C)C)c2ccc3ncc(-c4ccn(C)c4)nc3n2)c1. The van der Waals surface area contributed by atoms with Gasteiger partial charge in [0.1, 0.15) is 28.7 Å². The standard InChI is InChI=1S/C26H28N8O4S/c1-31(2)39(35,36)34-11-9-27-25(34)17-33(19-12-20(37-4)14-21(13-19)38-5)24-7-6-22-26(30-24)29-23(15-28-22)18-8-10-32(3)16-18/h6-16H,17H2,1-5H3. The van der Waals surface area contributed by atoms with Crippen molar-refractivity contribution < 1.29 is 17.9 Å². The molecule has 5 aromatic rings. The summed E-state index contributed by atoms with van der Waals surface area (Å²) in [5.41, 5.74) is 3.33. The molecule has 0 radical (unpaired) electrons. The van der Waals surface area contributed by atoms with Crippen molar-refractivity contribution in [1.82, 2.24) is 32.8 Å². The summed E-state index contributed by atoms with van der Waals surface area (Å²) in [7, 11) is 4.20. The lowest BCUT2D eigenvalue weighted by Gasteiger charge is -2.25. The molecule has 0 aliphatic carbocycles. The molecule has 4 aromatic heterocycles. The third-order valence-corrected chi connectivity index (χ3v) is 7.89. The average Bonchev–Trinajstić information content (AvgIpc) is 3.60. The fourth-order valence-electron chi connectivity index (χ4n) is 4.05. The number of benzene rings is 1. The van der Waals surface area contributed by atoms with Gasteiger partial charge < -0.3 is 18.9 Å². The zero-order chi connectivity index (χ0) is 27.7. The largest absolute Gasteiger partial charge is 0.497 e. The molecule has 0 N–H and O–H groups in total. The first-order valence-corrected chi connectivity index (χ1v) is 13.3. The number of methoxy groups -OCH3 is 2. The Morgan fingerprint density at radius 1 is 0.949 bits per heavy atom. The predicted octanol–water partition coefficient (Wildman–Crippen LogP) is 3.24. The Morgan fingerprint density at radius 3 is 2.33 bits per heavy atom. The summed E-state index contributed by atoms with van der Waals surface area (Å²) >= 11 is 0. The van der Waals surface area contributed by atoms with Crippen LogP contribution in [0.5, 0.6) is 11.5 Å². The maximum atomic E-state index is 13.0. The van der Waals surface area contributed by atoms with Gasteiger partial charge in [-0.1, -0.05) is 0 Å². The maximum absolute atomic E-state index is 13.0. The monoisotopic (exact) mass is 548 g/mol. The molecule has 13 heteroatoms. The van der Waals surface area contributed by atoms with Gasteiger partial charge in [0.2, 0.25) is 0 Å². The Labute approximate surface area is 226 Å². The van der Waals surface area contributed by atoms with Crippen LogP contribution in [-0.2, 0) is 23.8 Å². The van der Waals surface area contributed by atoms with Crippen molar-refractivity contribution >= 4 is 32.9 Å². The molecule has 1 aromatic carbocycles. The van der Waals surface area contributed by atoms with Crippen LogP contribution in [0.4, 0.5) is 11.5 Å². The highest BCUT2D eigenvalue weighted by Crippen LogP contribution is 2.34. The van der Waals surface area contributed by atoms with Gasteiger partial charge in [-0.15, -0.1) is 0 Å². The van der Waals surface area contributed by atoms with E-state index in [4.69, 9.17) is 19.4 Å². The molecule has 0 saturated heterocycles. The van der Waals surface area contributed by atoms with Crippen LogP contribution in [0.3, 0.4) is 0 Å². The van der Waals surface area contributed by atoms with Gasteiger partial charge in [0.15, 0.2) is 5.65 Å². The fraction of sp³-hybridized carbons (Fsp3) is 0.231. The molecule has 202 valence electrons. The van der Waals surface area contributed by atoms with E-state index in [-0.39, 0.29) is 12.4 Å². The van der Waals surface area contributed by atoms with Gasteiger partial charge in [-0.3, -0.25) is 4.98 Å². The molecular formula is C26H28N8O4S. The van der Waals surface area contributed by atoms with Crippen LogP contribution in [0, 0.1) is 0 Å². The summed E-state index contributed by atoms with van der Waals surface area (Å²) in [4.78, 5) is 20.3. The zero-order valence-corrected chi connectivity index (χ0v) is 23.0. The number of pyridine rings is 1. The molecule has 0 bridgehead atoms. The third-order valence-electron chi connectivity index (χ3n) is 6.13. The number of aryl methyl sites for hydroxylation is 1. The molecule has 0 atom stereocenters. The molecule has 0 fully saturated rings. The van der Waals surface area contributed by atoms with E-state index in [9.17, 15) is 8.42 Å². The van der Waals surface area contributed by atoms with Crippen molar-refractivity contribution in [3.05, 3.63) is 73.2 Å². The van der Waals surface area contributed by atoms with Crippen LogP contribution in [0.25, 0.3) is 22.4 Å². The van der Waals surface area contributed by atoms with Crippen molar-refractivity contribution in [2.45, 2.75) is 6.54 Å². The van der Waals surface area contributed by atoms with Crippen molar-refractivity contribution in [3.8, 4) is 22.8 Å². The number of hydrogen-bond donors (Lipinski definition) is 0. The first kappa shape index (κ1) is 26.1. The van der Waals surface area contributed by atoms with Crippen LogP contribution < -0.4 is 14.4 Å². The highest BCUT2D eigenvalue weighted by atomic mass is 32.2. The van der Waals surface area contributed by atoms with Gasteiger partial charge >= 0.3 is 10.2 Å². The second-order valence-corrected chi connectivity index (χ2v) is 10.9.